The summed E-state index contributed by atoms with van der Waals surface area (Å²) in [5.74, 6) is 0. The van der Waals surface area contributed by atoms with Crippen molar-refractivity contribution in [2.45, 2.75) is 19.0 Å². The lowest BCUT2D eigenvalue weighted by Crippen LogP contribution is -2.55. The van der Waals surface area contributed by atoms with Gasteiger partial charge >= 0.3 is 0 Å². The molecule has 3 rings (SSSR count). The lowest BCUT2D eigenvalue weighted by atomic mass is 9.99. The number of para-hydroxylation sites is 1. The highest BCUT2D eigenvalue weighted by molar-refractivity contribution is 5.55. The Balaban J connectivity index is 1.81. The Bertz CT molecular complexity index is 385. The van der Waals surface area contributed by atoms with Crippen molar-refractivity contribution in [1.29, 1.82) is 0 Å². The van der Waals surface area contributed by atoms with E-state index < -0.39 is 0 Å². The van der Waals surface area contributed by atoms with Crippen molar-refractivity contribution in [3.63, 3.8) is 0 Å². The molecule has 1 fully saturated rings. The predicted octanol–water partition coefficient (Wildman–Crippen LogP) is 1.30. The molecule has 1 unspecified atom stereocenters. The third-order valence-corrected chi connectivity index (χ3v) is 4.06. The minimum absolute atomic E-state index is 0.590. The number of benzene rings is 1. The lowest BCUT2D eigenvalue weighted by Gasteiger charge is -2.44. The van der Waals surface area contributed by atoms with Crippen LogP contribution in [0.15, 0.2) is 24.3 Å². The maximum Gasteiger partial charge on any atom is 0.0821 e. The second-order valence-corrected chi connectivity index (χ2v) is 5.04. The molecule has 1 N–H and O–H groups in total. The molecule has 0 saturated carbocycles. The number of rotatable bonds is 1. The van der Waals surface area contributed by atoms with Gasteiger partial charge in [0, 0.05) is 38.9 Å². The van der Waals surface area contributed by atoms with Gasteiger partial charge in [0.15, 0.2) is 0 Å². The number of nitrogens with zero attached hydrogens (tertiary/aromatic N) is 2. The first-order valence-corrected chi connectivity index (χ1v) is 6.62. The molecule has 2 aliphatic heterocycles. The minimum atomic E-state index is 0.590. The fourth-order valence-corrected chi connectivity index (χ4v) is 3.11. The van der Waals surface area contributed by atoms with Crippen LogP contribution in [0.2, 0.25) is 0 Å². The average molecular weight is 231 g/mol. The molecule has 0 radical (unpaired) electrons. The Hall–Kier alpha value is -1.06. The molecule has 1 aromatic carbocycles. The van der Waals surface area contributed by atoms with Gasteiger partial charge in [-0.2, -0.15) is 0 Å². The lowest BCUT2D eigenvalue weighted by molar-refractivity contribution is 0.160. The van der Waals surface area contributed by atoms with Crippen molar-refractivity contribution in [3.8, 4) is 0 Å². The number of piperazine rings is 1. The summed E-state index contributed by atoms with van der Waals surface area (Å²) in [4.78, 5) is 5.08. The van der Waals surface area contributed by atoms with E-state index >= 15 is 0 Å². The summed E-state index contributed by atoms with van der Waals surface area (Å²) in [6.45, 7) is 4.62. The van der Waals surface area contributed by atoms with E-state index in [0.29, 0.717) is 6.17 Å². The summed E-state index contributed by atoms with van der Waals surface area (Å²) >= 11 is 0. The van der Waals surface area contributed by atoms with Crippen molar-refractivity contribution in [2.75, 3.05) is 38.1 Å². The van der Waals surface area contributed by atoms with Crippen LogP contribution in [0.3, 0.4) is 0 Å². The van der Waals surface area contributed by atoms with Gasteiger partial charge in [0.1, 0.15) is 0 Å². The van der Waals surface area contributed by atoms with Crippen LogP contribution in [0.1, 0.15) is 12.0 Å². The Morgan fingerprint density at radius 2 is 1.94 bits per heavy atom. The molecule has 0 bridgehead atoms. The highest BCUT2D eigenvalue weighted by atomic mass is 15.4. The van der Waals surface area contributed by atoms with Crippen molar-refractivity contribution >= 4 is 5.69 Å². The molecular weight excluding hydrogens is 210 g/mol. The fourth-order valence-electron chi connectivity index (χ4n) is 3.11. The molecule has 1 saturated heterocycles. The normalized spacial score (nSPS) is 25.7. The zero-order valence-corrected chi connectivity index (χ0v) is 10.5. The molecule has 2 aliphatic rings. The number of hydrogen-bond acceptors (Lipinski definition) is 3. The largest absolute Gasteiger partial charge is 0.359 e. The Kier molecular flexibility index (Phi) is 3.04. The van der Waals surface area contributed by atoms with E-state index in [1.165, 1.54) is 37.2 Å². The van der Waals surface area contributed by atoms with Gasteiger partial charge in [0.2, 0.25) is 0 Å². The fraction of sp³-hybridized carbons (Fsp3) is 0.571. The first kappa shape index (κ1) is 11.1. The molecule has 92 valence electrons. The smallest absolute Gasteiger partial charge is 0.0821 e. The summed E-state index contributed by atoms with van der Waals surface area (Å²) in [5.41, 5.74) is 2.92. The Morgan fingerprint density at radius 3 is 2.76 bits per heavy atom. The summed E-state index contributed by atoms with van der Waals surface area (Å²) in [5, 5.41) is 3.43. The number of nitrogens with one attached hydrogen (secondary N) is 1. The van der Waals surface area contributed by atoms with Crippen LogP contribution in [0.5, 0.6) is 0 Å². The van der Waals surface area contributed by atoms with Crippen LogP contribution >= 0.6 is 0 Å². The molecule has 17 heavy (non-hydrogen) atoms. The highest BCUT2D eigenvalue weighted by Crippen LogP contribution is 2.30. The molecule has 0 amide bonds. The van der Waals surface area contributed by atoms with Crippen molar-refractivity contribution in [1.82, 2.24) is 10.2 Å². The molecule has 2 heterocycles. The highest BCUT2D eigenvalue weighted by Gasteiger charge is 2.28. The van der Waals surface area contributed by atoms with Crippen LogP contribution < -0.4 is 10.2 Å². The van der Waals surface area contributed by atoms with Gasteiger partial charge in [0.05, 0.1) is 6.17 Å². The summed E-state index contributed by atoms with van der Waals surface area (Å²) in [7, 11) is 2.24. The van der Waals surface area contributed by atoms with E-state index in [1.54, 1.807) is 0 Å². The molecule has 0 aromatic heterocycles. The molecular formula is C14H21N3. The first-order valence-electron chi connectivity index (χ1n) is 6.62. The van der Waals surface area contributed by atoms with E-state index in [-0.39, 0.29) is 0 Å². The molecule has 0 spiro atoms. The van der Waals surface area contributed by atoms with Crippen LogP contribution in [0, 0.1) is 0 Å². The standard InChI is InChI=1S/C14H21N3/c1-16-13-5-3-2-4-12(13)6-7-14(16)17-10-8-15-9-11-17/h2-5,14-15H,6-11H2,1H3. The van der Waals surface area contributed by atoms with Gasteiger partial charge in [-0.1, -0.05) is 18.2 Å². The SMILES string of the molecule is CN1c2ccccc2CCC1N1CCNCC1. The summed E-state index contributed by atoms with van der Waals surface area (Å²) in [6.07, 6.45) is 3.06. The van der Waals surface area contributed by atoms with E-state index in [1.807, 2.05) is 0 Å². The number of aryl methyl sites for hydroxylation is 1. The number of anilines is 1. The molecule has 1 atom stereocenters. The molecule has 3 nitrogen and oxygen atoms in total. The van der Waals surface area contributed by atoms with Crippen LogP contribution in [0.4, 0.5) is 5.69 Å². The average Bonchev–Trinajstić information content (AvgIpc) is 2.40. The minimum Gasteiger partial charge on any atom is -0.359 e. The van der Waals surface area contributed by atoms with Crippen molar-refractivity contribution < 1.29 is 0 Å². The van der Waals surface area contributed by atoms with Gasteiger partial charge in [-0.3, -0.25) is 4.90 Å². The quantitative estimate of drug-likeness (QED) is 0.786. The second-order valence-electron chi connectivity index (χ2n) is 5.04. The van der Waals surface area contributed by atoms with E-state index in [9.17, 15) is 0 Å². The summed E-state index contributed by atoms with van der Waals surface area (Å²) in [6, 6.07) is 8.82. The maximum atomic E-state index is 3.43. The summed E-state index contributed by atoms with van der Waals surface area (Å²) < 4.78 is 0. The van der Waals surface area contributed by atoms with Gasteiger partial charge in [-0.05, 0) is 24.5 Å². The van der Waals surface area contributed by atoms with Crippen molar-refractivity contribution in [3.05, 3.63) is 29.8 Å². The monoisotopic (exact) mass is 231 g/mol. The Labute approximate surface area is 103 Å². The second kappa shape index (κ2) is 4.67. The van der Waals surface area contributed by atoms with Gasteiger partial charge in [-0.15, -0.1) is 0 Å². The zero-order chi connectivity index (χ0) is 11.7. The van der Waals surface area contributed by atoms with Gasteiger partial charge in [-0.25, -0.2) is 0 Å². The topological polar surface area (TPSA) is 18.5 Å². The van der Waals surface area contributed by atoms with Crippen LogP contribution in [-0.4, -0.2) is 44.3 Å². The third-order valence-electron chi connectivity index (χ3n) is 4.06. The van der Waals surface area contributed by atoms with E-state index in [4.69, 9.17) is 0 Å². The van der Waals surface area contributed by atoms with E-state index in [2.05, 4.69) is 46.4 Å². The predicted molar refractivity (Wildman–Crippen MR) is 71.4 cm³/mol. The van der Waals surface area contributed by atoms with Gasteiger partial charge in [0.25, 0.3) is 0 Å². The van der Waals surface area contributed by atoms with Crippen LogP contribution in [-0.2, 0) is 6.42 Å². The molecule has 3 heteroatoms. The molecule has 0 aliphatic carbocycles. The van der Waals surface area contributed by atoms with Gasteiger partial charge < -0.3 is 10.2 Å². The number of hydrogen-bond donors (Lipinski definition) is 1. The van der Waals surface area contributed by atoms with Crippen molar-refractivity contribution in [2.24, 2.45) is 0 Å². The Morgan fingerprint density at radius 1 is 1.18 bits per heavy atom. The third kappa shape index (κ3) is 2.05. The molecule has 1 aromatic rings. The van der Waals surface area contributed by atoms with Crippen LogP contribution in [0.25, 0.3) is 0 Å². The zero-order valence-electron chi connectivity index (χ0n) is 10.5. The van der Waals surface area contributed by atoms with E-state index in [0.717, 1.165) is 13.1 Å². The maximum absolute atomic E-state index is 3.43. The first-order chi connectivity index (χ1) is 8.36. The number of fused-ring (bicyclic) bond motifs is 1.